The molecule has 5 nitrogen and oxygen atoms in total. The normalized spacial score (nSPS) is 15.1. The molecule has 0 spiro atoms. The van der Waals surface area contributed by atoms with Crippen molar-refractivity contribution in [2.75, 3.05) is 6.61 Å². The van der Waals surface area contributed by atoms with Gasteiger partial charge in [0.05, 0.1) is 19.3 Å². The number of aliphatic hydroxyl groups is 3. The van der Waals surface area contributed by atoms with Gasteiger partial charge in [-0.15, -0.1) is 0 Å². The lowest BCUT2D eigenvalue weighted by atomic mass is 9.95. The Labute approximate surface area is 164 Å². The summed E-state index contributed by atoms with van der Waals surface area (Å²) in [6, 6.07) is 5.43. The minimum Gasteiger partial charge on any atom is -0.508 e. The molecule has 0 aliphatic carbocycles. The lowest BCUT2D eigenvalue weighted by molar-refractivity contribution is 0.122. The van der Waals surface area contributed by atoms with Gasteiger partial charge in [0.2, 0.25) is 0 Å². The van der Waals surface area contributed by atoms with Crippen LogP contribution in [-0.4, -0.2) is 45.2 Å². The zero-order valence-corrected chi connectivity index (χ0v) is 17.2. The van der Waals surface area contributed by atoms with Crippen molar-refractivity contribution >= 4 is 0 Å². The monoisotopic (exact) mass is 381 g/mol. The second kappa shape index (κ2) is 13.1. The van der Waals surface area contributed by atoms with Crippen molar-refractivity contribution < 1.29 is 20.4 Å². The van der Waals surface area contributed by atoms with Crippen LogP contribution in [0, 0.1) is 5.92 Å². The van der Waals surface area contributed by atoms with E-state index < -0.39 is 0 Å². The Balaban J connectivity index is 2.71. The maximum Gasteiger partial charge on any atom is 0.121 e. The van der Waals surface area contributed by atoms with E-state index in [9.17, 15) is 20.4 Å². The number of nitrogens with one attached hydrogen (secondary N) is 1. The van der Waals surface area contributed by atoms with Crippen molar-refractivity contribution in [3.05, 3.63) is 29.3 Å². The topological polar surface area (TPSA) is 93.0 Å². The SMILES string of the molecule is CCCCCC(O)CC(CCc1ccc(O)c(CO)c1)NC(CO)C(C)C. The molecule has 1 aromatic rings. The Morgan fingerprint density at radius 2 is 1.81 bits per heavy atom. The molecule has 0 fully saturated rings. The van der Waals surface area contributed by atoms with Crippen LogP contribution < -0.4 is 5.32 Å². The van der Waals surface area contributed by atoms with Gasteiger partial charge in [0.1, 0.15) is 5.75 Å². The third kappa shape index (κ3) is 9.06. The van der Waals surface area contributed by atoms with Crippen LogP contribution in [0.25, 0.3) is 0 Å². The first-order valence-electron chi connectivity index (χ1n) is 10.4. The molecular formula is C22H39NO4. The highest BCUT2D eigenvalue weighted by Gasteiger charge is 2.20. The minimum absolute atomic E-state index is 0.00524. The van der Waals surface area contributed by atoms with Crippen molar-refractivity contribution in [2.24, 2.45) is 5.92 Å². The third-order valence-corrected chi connectivity index (χ3v) is 5.24. The summed E-state index contributed by atoms with van der Waals surface area (Å²) in [6.45, 7) is 6.21. The molecule has 0 amide bonds. The maximum atomic E-state index is 10.4. The fraction of sp³-hybridized carbons (Fsp3) is 0.727. The van der Waals surface area contributed by atoms with Crippen LogP contribution >= 0.6 is 0 Å². The molecule has 0 radical (unpaired) electrons. The molecule has 5 N–H and O–H groups in total. The number of unbranched alkanes of at least 4 members (excludes halogenated alkanes) is 2. The molecule has 1 rings (SSSR count). The minimum atomic E-state index is -0.339. The molecule has 27 heavy (non-hydrogen) atoms. The average Bonchev–Trinajstić information content (AvgIpc) is 2.64. The highest BCUT2D eigenvalue weighted by molar-refractivity contribution is 5.35. The first-order valence-corrected chi connectivity index (χ1v) is 10.4. The number of rotatable bonds is 14. The Morgan fingerprint density at radius 1 is 1.07 bits per heavy atom. The molecule has 0 saturated heterocycles. The molecular weight excluding hydrogens is 342 g/mol. The molecule has 3 unspecified atom stereocenters. The van der Waals surface area contributed by atoms with Gasteiger partial charge in [-0.2, -0.15) is 0 Å². The van der Waals surface area contributed by atoms with Crippen LogP contribution in [0.4, 0.5) is 0 Å². The molecule has 0 heterocycles. The molecule has 0 aliphatic rings. The van der Waals surface area contributed by atoms with E-state index in [4.69, 9.17) is 0 Å². The van der Waals surface area contributed by atoms with Gasteiger partial charge >= 0.3 is 0 Å². The second-order valence-corrected chi connectivity index (χ2v) is 7.94. The summed E-state index contributed by atoms with van der Waals surface area (Å²) in [5.74, 6) is 0.423. The van der Waals surface area contributed by atoms with Gasteiger partial charge in [-0.1, -0.05) is 46.1 Å². The number of aromatic hydroxyl groups is 1. The molecule has 1 aromatic carbocycles. The van der Waals surface area contributed by atoms with Crippen LogP contribution in [0.2, 0.25) is 0 Å². The van der Waals surface area contributed by atoms with Crippen LogP contribution in [0.3, 0.4) is 0 Å². The number of hydrogen-bond donors (Lipinski definition) is 5. The van der Waals surface area contributed by atoms with Crippen LogP contribution in [0.1, 0.15) is 70.4 Å². The summed E-state index contributed by atoms with van der Waals surface area (Å²) >= 11 is 0. The summed E-state index contributed by atoms with van der Waals surface area (Å²) in [5.41, 5.74) is 1.58. The lowest BCUT2D eigenvalue weighted by Gasteiger charge is -2.29. The van der Waals surface area contributed by atoms with Gasteiger partial charge < -0.3 is 25.7 Å². The first-order chi connectivity index (χ1) is 12.9. The lowest BCUT2D eigenvalue weighted by Crippen LogP contribution is -2.45. The fourth-order valence-corrected chi connectivity index (χ4v) is 3.37. The van der Waals surface area contributed by atoms with E-state index in [0.29, 0.717) is 17.9 Å². The van der Waals surface area contributed by atoms with E-state index in [-0.39, 0.29) is 37.2 Å². The van der Waals surface area contributed by atoms with Crippen LogP contribution in [0.5, 0.6) is 5.75 Å². The van der Waals surface area contributed by atoms with E-state index in [1.165, 1.54) is 0 Å². The predicted octanol–water partition coefficient (Wildman–Crippen LogP) is 3.12. The molecule has 156 valence electrons. The van der Waals surface area contributed by atoms with E-state index in [1.807, 2.05) is 12.1 Å². The predicted molar refractivity (Wildman–Crippen MR) is 110 cm³/mol. The molecule has 0 saturated carbocycles. The number of benzene rings is 1. The van der Waals surface area contributed by atoms with Crippen molar-refractivity contribution in [1.82, 2.24) is 5.32 Å². The highest BCUT2D eigenvalue weighted by atomic mass is 16.3. The number of aliphatic hydroxyl groups excluding tert-OH is 3. The van der Waals surface area contributed by atoms with Crippen molar-refractivity contribution in [3.8, 4) is 5.75 Å². The summed E-state index contributed by atoms with van der Waals surface area (Å²) in [6.07, 6.45) is 6.06. The van der Waals surface area contributed by atoms with Crippen LogP contribution in [0.15, 0.2) is 18.2 Å². The molecule has 0 bridgehead atoms. The average molecular weight is 382 g/mol. The summed E-state index contributed by atoms with van der Waals surface area (Å²) < 4.78 is 0. The Kier molecular flexibility index (Phi) is 11.6. The van der Waals surface area contributed by atoms with Crippen molar-refractivity contribution in [1.29, 1.82) is 0 Å². The summed E-state index contributed by atoms with van der Waals surface area (Å²) in [5, 5.41) is 42.6. The van der Waals surface area contributed by atoms with Gasteiger partial charge in [-0.25, -0.2) is 0 Å². The molecule has 3 atom stereocenters. The Hall–Kier alpha value is -1.14. The number of phenols is 1. The van der Waals surface area contributed by atoms with Gasteiger partial charge in [0.25, 0.3) is 0 Å². The summed E-state index contributed by atoms with van der Waals surface area (Å²) in [4.78, 5) is 0. The maximum absolute atomic E-state index is 10.4. The molecule has 5 heteroatoms. The summed E-state index contributed by atoms with van der Waals surface area (Å²) in [7, 11) is 0. The Bertz CT molecular complexity index is 521. The van der Waals surface area contributed by atoms with Crippen molar-refractivity contribution in [2.45, 2.75) is 90.5 Å². The van der Waals surface area contributed by atoms with Gasteiger partial charge in [0, 0.05) is 17.6 Å². The van der Waals surface area contributed by atoms with Crippen molar-refractivity contribution in [3.63, 3.8) is 0 Å². The molecule has 0 aromatic heterocycles. The van der Waals surface area contributed by atoms with Crippen LogP contribution in [-0.2, 0) is 13.0 Å². The van der Waals surface area contributed by atoms with E-state index in [0.717, 1.165) is 44.1 Å². The Morgan fingerprint density at radius 3 is 2.41 bits per heavy atom. The second-order valence-electron chi connectivity index (χ2n) is 7.94. The number of hydrogen-bond acceptors (Lipinski definition) is 5. The van der Waals surface area contributed by atoms with E-state index in [1.54, 1.807) is 6.07 Å². The zero-order valence-electron chi connectivity index (χ0n) is 17.2. The first kappa shape index (κ1) is 23.9. The quantitative estimate of drug-likeness (QED) is 0.319. The van der Waals surface area contributed by atoms with E-state index in [2.05, 4.69) is 26.1 Å². The van der Waals surface area contributed by atoms with Gasteiger partial charge in [0.15, 0.2) is 0 Å². The zero-order chi connectivity index (χ0) is 20.2. The van der Waals surface area contributed by atoms with E-state index >= 15 is 0 Å². The highest BCUT2D eigenvalue weighted by Crippen LogP contribution is 2.21. The third-order valence-electron chi connectivity index (χ3n) is 5.24. The van der Waals surface area contributed by atoms with Gasteiger partial charge in [-0.05, 0) is 49.3 Å². The fourth-order valence-electron chi connectivity index (χ4n) is 3.37. The smallest absolute Gasteiger partial charge is 0.121 e. The largest absolute Gasteiger partial charge is 0.508 e. The van der Waals surface area contributed by atoms with Gasteiger partial charge in [-0.3, -0.25) is 0 Å². The number of aryl methyl sites for hydroxylation is 1. The molecule has 0 aliphatic heterocycles. The standard InChI is InChI=1S/C22H39NO4/c1-4-5-6-7-20(26)13-19(23-21(15-25)16(2)3)10-8-17-9-11-22(27)18(12-17)14-24/h9,11-12,16,19-21,23-27H,4-8,10,13-15H2,1-3H3.